The summed E-state index contributed by atoms with van der Waals surface area (Å²) in [6.45, 7) is 6.95. The molecule has 0 saturated carbocycles. The number of ether oxygens (including phenoxy) is 1. The number of carbonyl (C=O) groups excluding carboxylic acids is 1. The highest BCUT2D eigenvalue weighted by molar-refractivity contribution is 7.20. The molecule has 0 saturated heterocycles. The predicted molar refractivity (Wildman–Crippen MR) is 86.5 cm³/mol. The number of fused-ring (bicyclic) bond motifs is 1. The SMILES string of the molecule is CCCCNc1nc(Cl)nc2sc(C(=O)OCC)c(C)c12. The lowest BCUT2D eigenvalue weighted by Crippen LogP contribution is -2.05. The van der Waals surface area contributed by atoms with Crippen LogP contribution in [0.25, 0.3) is 10.2 Å². The summed E-state index contributed by atoms with van der Waals surface area (Å²) >= 11 is 7.26. The van der Waals surface area contributed by atoms with Crippen LogP contribution in [0, 0.1) is 6.92 Å². The number of carbonyl (C=O) groups is 1. The van der Waals surface area contributed by atoms with Crippen LogP contribution in [0.2, 0.25) is 5.28 Å². The van der Waals surface area contributed by atoms with Crippen molar-refractivity contribution < 1.29 is 9.53 Å². The van der Waals surface area contributed by atoms with E-state index in [1.807, 2.05) is 6.92 Å². The van der Waals surface area contributed by atoms with Crippen molar-refractivity contribution in [3.8, 4) is 0 Å². The molecule has 2 rings (SSSR count). The van der Waals surface area contributed by atoms with Crippen LogP contribution in [0.1, 0.15) is 41.9 Å². The minimum atomic E-state index is -0.325. The van der Waals surface area contributed by atoms with Gasteiger partial charge in [0, 0.05) is 6.54 Å². The van der Waals surface area contributed by atoms with E-state index in [-0.39, 0.29) is 11.3 Å². The van der Waals surface area contributed by atoms with E-state index in [1.165, 1.54) is 11.3 Å². The number of aryl methyl sites for hydroxylation is 1. The summed E-state index contributed by atoms with van der Waals surface area (Å²) in [6, 6.07) is 0. The minimum Gasteiger partial charge on any atom is -0.462 e. The summed E-state index contributed by atoms with van der Waals surface area (Å²) in [5.74, 6) is 0.358. The molecule has 0 aliphatic carbocycles. The first-order valence-electron chi connectivity index (χ1n) is 6.96. The molecule has 0 atom stereocenters. The standard InChI is InChI=1S/C14H18ClN3O2S/c1-4-6-7-16-11-9-8(3)10(13(19)20-5-2)21-12(9)18-14(15)17-11/h4-7H2,1-3H3,(H,16,17,18). The fourth-order valence-electron chi connectivity index (χ4n) is 2.02. The molecule has 1 N–H and O–H groups in total. The van der Waals surface area contributed by atoms with Gasteiger partial charge in [-0.25, -0.2) is 14.8 Å². The number of halogens is 1. The third-order valence-electron chi connectivity index (χ3n) is 3.05. The zero-order valence-corrected chi connectivity index (χ0v) is 13.9. The number of unbranched alkanes of at least 4 members (excludes halogenated alkanes) is 1. The van der Waals surface area contributed by atoms with E-state index in [9.17, 15) is 4.79 Å². The van der Waals surface area contributed by atoms with Gasteiger partial charge in [0.2, 0.25) is 5.28 Å². The Kier molecular flexibility index (Phi) is 5.36. The highest BCUT2D eigenvalue weighted by atomic mass is 35.5. The molecule has 0 unspecified atom stereocenters. The van der Waals surface area contributed by atoms with Crippen molar-refractivity contribution in [1.29, 1.82) is 0 Å². The van der Waals surface area contributed by atoms with Crippen molar-refractivity contribution in [3.63, 3.8) is 0 Å². The van der Waals surface area contributed by atoms with Crippen LogP contribution in [-0.2, 0) is 4.74 Å². The number of hydrogen-bond donors (Lipinski definition) is 1. The molecule has 114 valence electrons. The molecule has 0 aliphatic rings. The molecular formula is C14H18ClN3O2S. The summed E-state index contributed by atoms with van der Waals surface area (Å²) in [4.78, 5) is 21.7. The molecule has 0 aromatic carbocycles. The van der Waals surface area contributed by atoms with Gasteiger partial charge in [0.05, 0.1) is 12.0 Å². The van der Waals surface area contributed by atoms with E-state index < -0.39 is 0 Å². The predicted octanol–water partition coefficient (Wildman–Crippen LogP) is 4.04. The van der Waals surface area contributed by atoms with Gasteiger partial charge in [-0.3, -0.25) is 0 Å². The van der Waals surface area contributed by atoms with E-state index in [4.69, 9.17) is 16.3 Å². The molecule has 2 heterocycles. The van der Waals surface area contributed by atoms with Gasteiger partial charge in [0.25, 0.3) is 0 Å². The second-order valence-electron chi connectivity index (χ2n) is 4.58. The average molecular weight is 328 g/mol. The Balaban J connectivity index is 2.46. The smallest absolute Gasteiger partial charge is 0.348 e. The normalized spacial score (nSPS) is 10.9. The molecule has 0 spiro atoms. The summed E-state index contributed by atoms with van der Waals surface area (Å²) < 4.78 is 5.08. The Morgan fingerprint density at radius 3 is 2.81 bits per heavy atom. The zero-order chi connectivity index (χ0) is 15.4. The third kappa shape index (κ3) is 3.44. The van der Waals surface area contributed by atoms with Gasteiger partial charge in [0.15, 0.2) is 0 Å². The van der Waals surface area contributed by atoms with E-state index in [1.54, 1.807) is 6.92 Å². The molecule has 21 heavy (non-hydrogen) atoms. The van der Waals surface area contributed by atoms with E-state index in [2.05, 4.69) is 22.2 Å². The second kappa shape index (κ2) is 7.04. The molecule has 0 amide bonds. The molecule has 0 bridgehead atoms. The fraction of sp³-hybridized carbons (Fsp3) is 0.500. The molecule has 0 aliphatic heterocycles. The van der Waals surface area contributed by atoms with Gasteiger partial charge in [-0.2, -0.15) is 0 Å². The third-order valence-corrected chi connectivity index (χ3v) is 4.38. The van der Waals surface area contributed by atoms with Gasteiger partial charge in [-0.15, -0.1) is 11.3 Å². The summed E-state index contributed by atoms with van der Waals surface area (Å²) in [5.41, 5.74) is 0.837. The van der Waals surface area contributed by atoms with Crippen molar-refractivity contribution >= 4 is 44.9 Å². The van der Waals surface area contributed by atoms with Crippen LogP contribution >= 0.6 is 22.9 Å². The Hall–Kier alpha value is -1.40. The van der Waals surface area contributed by atoms with Crippen LogP contribution in [0.5, 0.6) is 0 Å². The van der Waals surface area contributed by atoms with Gasteiger partial charge in [-0.05, 0) is 37.4 Å². The van der Waals surface area contributed by atoms with Crippen LogP contribution in [-0.4, -0.2) is 29.1 Å². The highest BCUT2D eigenvalue weighted by Crippen LogP contribution is 2.35. The molecule has 5 nitrogen and oxygen atoms in total. The number of nitrogens with one attached hydrogen (secondary N) is 1. The zero-order valence-electron chi connectivity index (χ0n) is 12.3. The van der Waals surface area contributed by atoms with Crippen LogP contribution in [0.4, 0.5) is 5.82 Å². The summed E-state index contributed by atoms with van der Waals surface area (Å²) in [7, 11) is 0. The summed E-state index contributed by atoms with van der Waals surface area (Å²) in [6.07, 6.45) is 2.13. The minimum absolute atomic E-state index is 0.179. The Morgan fingerprint density at radius 1 is 1.38 bits per heavy atom. The van der Waals surface area contributed by atoms with Crippen molar-refractivity contribution in [2.75, 3.05) is 18.5 Å². The number of aromatic nitrogens is 2. The van der Waals surface area contributed by atoms with Gasteiger partial charge >= 0.3 is 5.97 Å². The highest BCUT2D eigenvalue weighted by Gasteiger charge is 2.20. The quantitative estimate of drug-likeness (QED) is 0.493. The molecule has 2 aromatic heterocycles. The van der Waals surface area contributed by atoms with Crippen molar-refractivity contribution in [1.82, 2.24) is 9.97 Å². The number of hydrogen-bond acceptors (Lipinski definition) is 6. The van der Waals surface area contributed by atoms with Crippen molar-refractivity contribution in [2.45, 2.75) is 33.6 Å². The number of thiophene rings is 1. The second-order valence-corrected chi connectivity index (χ2v) is 5.92. The van der Waals surface area contributed by atoms with E-state index in [0.29, 0.717) is 22.1 Å². The topological polar surface area (TPSA) is 64.1 Å². The first-order valence-corrected chi connectivity index (χ1v) is 8.15. The van der Waals surface area contributed by atoms with Crippen LogP contribution < -0.4 is 5.32 Å². The lowest BCUT2D eigenvalue weighted by atomic mass is 10.2. The summed E-state index contributed by atoms with van der Waals surface area (Å²) in [5, 5.41) is 4.30. The van der Waals surface area contributed by atoms with Crippen molar-refractivity contribution in [3.05, 3.63) is 15.7 Å². The molecule has 2 aromatic rings. The maximum atomic E-state index is 12.0. The monoisotopic (exact) mass is 327 g/mol. The first kappa shape index (κ1) is 16.0. The molecule has 0 radical (unpaired) electrons. The maximum Gasteiger partial charge on any atom is 0.348 e. The van der Waals surface area contributed by atoms with Gasteiger partial charge in [-0.1, -0.05) is 13.3 Å². The largest absolute Gasteiger partial charge is 0.462 e. The number of esters is 1. The molecular weight excluding hydrogens is 310 g/mol. The fourth-order valence-corrected chi connectivity index (χ4v) is 3.31. The maximum absolute atomic E-state index is 12.0. The van der Waals surface area contributed by atoms with Crippen LogP contribution in [0.3, 0.4) is 0 Å². The van der Waals surface area contributed by atoms with Crippen molar-refractivity contribution in [2.24, 2.45) is 0 Å². The number of rotatable bonds is 6. The average Bonchev–Trinajstić information content (AvgIpc) is 2.76. The molecule has 7 heteroatoms. The number of nitrogens with zero attached hydrogens (tertiary/aromatic N) is 2. The lowest BCUT2D eigenvalue weighted by molar-refractivity contribution is 0.0531. The number of anilines is 1. The molecule has 0 fully saturated rings. The van der Waals surface area contributed by atoms with Gasteiger partial charge in [0.1, 0.15) is 15.5 Å². The Bertz CT molecular complexity index is 657. The van der Waals surface area contributed by atoms with Gasteiger partial charge < -0.3 is 10.1 Å². The Labute approximate surface area is 132 Å². The van der Waals surface area contributed by atoms with Crippen LogP contribution in [0.15, 0.2) is 0 Å². The van der Waals surface area contributed by atoms with E-state index >= 15 is 0 Å². The Morgan fingerprint density at radius 2 is 2.14 bits per heavy atom. The lowest BCUT2D eigenvalue weighted by Gasteiger charge is -2.07. The van der Waals surface area contributed by atoms with E-state index in [0.717, 1.165) is 30.3 Å². The first-order chi connectivity index (χ1) is 10.1.